The summed E-state index contributed by atoms with van der Waals surface area (Å²) >= 11 is 2.35. The smallest absolute Gasteiger partial charge is 0.450 e. The van der Waals surface area contributed by atoms with Crippen LogP contribution in [0.25, 0.3) is 0 Å². The molecule has 0 bridgehead atoms. The lowest BCUT2D eigenvalue weighted by Gasteiger charge is -2.03. The molecule has 1 N–H and O–H groups in total. The van der Waals surface area contributed by atoms with Gasteiger partial charge in [0.05, 0.1) is 6.61 Å². The summed E-state index contributed by atoms with van der Waals surface area (Å²) < 4.78 is 5.77. The van der Waals surface area contributed by atoms with Crippen LogP contribution in [0, 0.1) is 3.57 Å². The SMILES string of the molecule is O=C(O)OCCCCCCCCCc1cccc(I)c1. The molecule has 0 amide bonds. The van der Waals surface area contributed by atoms with E-state index in [1.54, 1.807) is 0 Å². The van der Waals surface area contributed by atoms with Crippen LogP contribution in [-0.2, 0) is 11.2 Å². The van der Waals surface area contributed by atoms with Gasteiger partial charge in [0.1, 0.15) is 0 Å². The number of ether oxygens (including phenoxy) is 1. The fraction of sp³-hybridized carbons (Fsp3) is 0.562. The largest absolute Gasteiger partial charge is 0.505 e. The lowest BCUT2D eigenvalue weighted by molar-refractivity contribution is 0.0899. The van der Waals surface area contributed by atoms with Crippen molar-refractivity contribution in [2.75, 3.05) is 6.61 Å². The van der Waals surface area contributed by atoms with Crippen LogP contribution in [0.4, 0.5) is 4.79 Å². The Morgan fingerprint density at radius 2 is 1.70 bits per heavy atom. The number of rotatable bonds is 10. The van der Waals surface area contributed by atoms with Crippen LogP contribution in [0.5, 0.6) is 0 Å². The number of unbranched alkanes of at least 4 members (excludes halogenated alkanes) is 6. The molecule has 0 radical (unpaired) electrons. The van der Waals surface area contributed by atoms with Crippen LogP contribution in [0.15, 0.2) is 24.3 Å². The molecule has 0 saturated heterocycles. The minimum atomic E-state index is -1.17. The number of aryl methyl sites for hydroxylation is 1. The molecule has 4 heteroatoms. The third-order valence-corrected chi connectivity index (χ3v) is 3.90. The Kier molecular flexibility index (Phi) is 9.45. The Balaban J connectivity index is 1.89. The van der Waals surface area contributed by atoms with Gasteiger partial charge in [-0.1, -0.05) is 44.2 Å². The summed E-state index contributed by atoms with van der Waals surface area (Å²) in [4.78, 5) is 10.1. The van der Waals surface area contributed by atoms with Gasteiger partial charge in [-0.05, 0) is 59.5 Å². The normalized spacial score (nSPS) is 10.4. The molecule has 0 aromatic heterocycles. The van der Waals surface area contributed by atoms with Gasteiger partial charge in [0.2, 0.25) is 0 Å². The van der Waals surface area contributed by atoms with Gasteiger partial charge < -0.3 is 9.84 Å². The summed E-state index contributed by atoms with van der Waals surface area (Å²) in [7, 11) is 0. The topological polar surface area (TPSA) is 46.5 Å². The third kappa shape index (κ3) is 9.18. The van der Waals surface area contributed by atoms with E-state index in [2.05, 4.69) is 51.6 Å². The number of benzene rings is 1. The molecule has 0 spiro atoms. The molecule has 0 atom stereocenters. The van der Waals surface area contributed by atoms with E-state index in [-0.39, 0.29) is 0 Å². The van der Waals surface area contributed by atoms with Crippen LogP contribution in [0.1, 0.15) is 50.5 Å². The van der Waals surface area contributed by atoms with Crippen molar-refractivity contribution in [2.45, 2.75) is 51.4 Å². The highest BCUT2D eigenvalue weighted by Gasteiger charge is 1.97. The van der Waals surface area contributed by atoms with Crippen LogP contribution in [0.3, 0.4) is 0 Å². The molecule has 0 aliphatic carbocycles. The van der Waals surface area contributed by atoms with E-state index < -0.39 is 6.16 Å². The van der Waals surface area contributed by atoms with Gasteiger partial charge in [0.15, 0.2) is 0 Å². The molecule has 1 aromatic rings. The molecule has 20 heavy (non-hydrogen) atoms. The molecule has 0 heterocycles. The second kappa shape index (κ2) is 10.9. The molecule has 0 unspecified atom stereocenters. The Bertz CT molecular complexity index is 393. The third-order valence-electron chi connectivity index (χ3n) is 3.22. The van der Waals surface area contributed by atoms with Crippen molar-refractivity contribution in [3.05, 3.63) is 33.4 Å². The summed E-state index contributed by atoms with van der Waals surface area (Å²) in [6.07, 6.45) is 8.11. The highest BCUT2D eigenvalue weighted by atomic mass is 127. The average molecular weight is 390 g/mol. The summed E-state index contributed by atoms with van der Waals surface area (Å²) in [5.41, 5.74) is 1.43. The first-order valence-corrected chi connectivity index (χ1v) is 8.36. The lowest BCUT2D eigenvalue weighted by atomic mass is 10.0. The van der Waals surface area contributed by atoms with Crippen LogP contribution >= 0.6 is 22.6 Å². The average Bonchev–Trinajstić information content (AvgIpc) is 2.40. The highest BCUT2D eigenvalue weighted by Crippen LogP contribution is 2.13. The van der Waals surface area contributed by atoms with Crippen LogP contribution in [-0.4, -0.2) is 17.9 Å². The number of hydrogen-bond donors (Lipinski definition) is 1. The van der Waals surface area contributed by atoms with Gasteiger partial charge >= 0.3 is 6.16 Å². The quantitative estimate of drug-likeness (QED) is 0.337. The summed E-state index contributed by atoms with van der Waals surface area (Å²) in [6, 6.07) is 8.70. The lowest BCUT2D eigenvalue weighted by Crippen LogP contribution is -2.01. The van der Waals surface area contributed by atoms with E-state index in [9.17, 15) is 4.79 Å². The van der Waals surface area contributed by atoms with E-state index in [1.165, 1.54) is 47.7 Å². The number of carbonyl (C=O) groups is 1. The molecular formula is C16H23IO3. The van der Waals surface area contributed by atoms with Crippen molar-refractivity contribution in [3.63, 3.8) is 0 Å². The van der Waals surface area contributed by atoms with Gasteiger partial charge in [0.25, 0.3) is 0 Å². The minimum Gasteiger partial charge on any atom is -0.450 e. The molecule has 1 rings (SSSR count). The summed E-state index contributed by atoms with van der Waals surface area (Å²) in [6.45, 7) is 0.335. The highest BCUT2D eigenvalue weighted by molar-refractivity contribution is 14.1. The van der Waals surface area contributed by atoms with Crippen molar-refractivity contribution in [1.82, 2.24) is 0 Å². The van der Waals surface area contributed by atoms with E-state index in [0.717, 1.165) is 12.8 Å². The molecule has 112 valence electrons. The number of carboxylic acid groups (broad SMARTS) is 1. The zero-order valence-corrected chi connectivity index (χ0v) is 14.0. The second-order valence-electron chi connectivity index (χ2n) is 4.97. The monoisotopic (exact) mass is 390 g/mol. The maximum atomic E-state index is 10.1. The minimum absolute atomic E-state index is 0.335. The molecule has 0 aliphatic heterocycles. The molecule has 0 aliphatic rings. The first-order chi connectivity index (χ1) is 9.68. The van der Waals surface area contributed by atoms with E-state index in [1.807, 2.05) is 0 Å². The van der Waals surface area contributed by atoms with Crippen molar-refractivity contribution in [3.8, 4) is 0 Å². The van der Waals surface area contributed by atoms with Crippen molar-refractivity contribution < 1.29 is 14.6 Å². The van der Waals surface area contributed by atoms with Gasteiger partial charge in [-0.15, -0.1) is 0 Å². The van der Waals surface area contributed by atoms with Gasteiger partial charge in [-0.25, -0.2) is 4.79 Å². The van der Waals surface area contributed by atoms with Crippen molar-refractivity contribution in [1.29, 1.82) is 0 Å². The predicted octanol–water partition coefficient (Wildman–Crippen LogP) is 5.26. The molecule has 1 aromatic carbocycles. The van der Waals surface area contributed by atoms with Gasteiger partial charge in [-0.3, -0.25) is 0 Å². The van der Waals surface area contributed by atoms with Crippen LogP contribution in [0.2, 0.25) is 0 Å². The Morgan fingerprint density at radius 1 is 1.05 bits per heavy atom. The summed E-state index contributed by atoms with van der Waals surface area (Å²) in [5.74, 6) is 0. The first-order valence-electron chi connectivity index (χ1n) is 7.28. The second-order valence-corrected chi connectivity index (χ2v) is 6.21. The molecule has 0 fully saturated rings. The van der Waals surface area contributed by atoms with Crippen LogP contribution < -0.4 is 0 Å². The fourth-order valence-electron chi connectivity index (χ4n) is 2.17. The molecule has 3 nitrogen and oxygen atoms in total. The zero-order valence-electron chi connectivity index (χ0n) is 11.8. The van der Waals surface area contributed by atoms with E-state index in [0.29, 0.717) is 6.61 Å². The van der Waals surface area contributed by atoms with E-state index in [4.69, 9.17) is 5.11 Å². The number of halogens is 1. The van der Waals surface area contributed by atoms with Gasteiger partial charge in [0, 0.05) is 3.57 Å². The van der Waals surface area contributed by atoms with Crippen molar-refractivity contribution >= 4 is 28.7 Å². The number of hydrogen-bond acceptors (Lipinski definition) is 2. The molecule has 0 saturated carbocycles. The Hall–Kier alpha value is -0.780. The standard InChI is InChI=1S/C16H23IO3/c17-15-11-8-10-14(13-15)9-6-4-2-1-3-5-7-12-20-16(18)19/h8,10-11,13H,1-7,9,12H2,(H,18,19). The fourth-order valence-corrected chi connectivity index (χ4v) is 2.77. The Labute approximate surface area is 134 Å². The van der Waals surface area contributed by atoms with Crippen molar-refractivity contribution in [2.24, 2.45) is 0 Å². The molecular weight excluding hydrogens is 367 g/mol. The maximum Gasteiger partial charge on any atom is 0.505 e. The summed E-state index contributed by atoms with van der Waals surface area (Å²) in [5, 5.41) is 8.30. The zero-order chi connectivity index (χ0) is 14.6. The first kappa shape index (κ1) is 17.3. The maximum absolute atomic E-state index is 10.1. The Morgan fingerprint density at radius 3 is 2.35 bits per heavy atom. The predicted molar refractivity (Wildman–Crippen MR) is 89.2 cm³/mol. The van der Waals surface area contributed by atoms with Gasteiger partial charge in [-0.2, -0.15) is 0 Å². The van der Waals surface area contributed by atoms with E-state index >= 15 is 0 Å².